The van der Waals surface area contributed by atoms with Crippen molar-refractivity contribution in [2.24, 2.45) is 11.1 Å². The fourth-order valence-electron chi connectivity index (χ4n) is 0.764. The molecule has 0 rings (SSSR count). The van der Waals surface area contributed by atoms with Gasteiger partial charge in [-0.1, -0.05) is 19.1 Å². The van der Waals surface area contributed by atoms with E-state index < -0.39 is 5.41 Å². The van der Waals surface area contributed by atoms with E-state index in [9.17, 15) is 4.79 Å². The zero-order valence-corrected chi connectivity index (χ0v) is 8.81. The second kappa shape index (κ2) is 5.02. The van der Waals surface area contributed by atoms with Gasteiger partial charge in [-0.3, -0.25) is 4.79 Å². The second-order valence-electron chi connectivity index (χ2n) is 3.96. The fourth-order valence-corrected chi connectivity index (χ4v) is 0.764. The topological polar surface area (TPSA) is 55.1 Å². The summed E-state index contributed by atoms with van der Waals surface area (Å²) in [6.45, 7) is 10.9. The first-order valence-electron chi connectivity index (χ1n) is 4.57. The molecule has 0 aliphatic carbocycles. The Morgan fingerprint density at radius 1 is 1.54 bits per heavy atom. The maximum atomic E-state index is 10.9. The van der Waals surface area contributed by atoms with Crippen LogP contribution in [0.5, 0.6) is 0 Å². The summed E-state index contributed by atoms with van der Waals surface area (Å²) < 4.78 is 0. The molecular weight excluding hydrogens is 164 g/mol. The smallest absolute Gasteiger partial charge is 0.224 e. The van der Waals surface area contributed by atoms with E-state index in [0.29, 0.717) is 6.54 Å². The lowest BCUT2D eigenvalue weighted by Gasteiger charge is -2.20. The van der Waals surface area contributed by atoms with Crippen molar-refractivity contribution in [3.05, 3.63) is 12.2 Å². The molecule has 3 heteroatoms. The molecule has 0 spiro atoms. The lowest BCUT2D eigenvalue weighted by molar-refractivity contribution is -0.125. The molecule has 0 bridgehead atoms. The maximum Gasteiger partial charge on any atom is 0.224 e. The predicted molar refractivity (Wildman–Crippen MR) is 55.3 cm³/mol. The first-order chi connectivity index (χ1) is 5.90. The number of amides is 1. The van der Waals surface area contributed by atoms with Crippen molar-refractivity contribution in [2.75, 3.05) is 13.1 Å². The van der Waals surface area contributed by atoms with Crippen molar-refractivity contribution in [1.82, 2.24) is 5.32 Å². The number of primary amides is 1. The number of rotatable bonds is 6. The van der Waals surface area contributed by atoms with Crippen LogP contribution in [0.25, 0.3) is 0 Å². The molecule has 0 aliphatic rings. The van der Waals surface area contributed by atoms with Gasteiger partial charge in [-0.25, -0.2) is 0 Å². The van der Waals surface area contributed by atoms with Crippen molar-refractivity contribution in [2.45, 2.75) is 27.2 Å². The fraction of sp³-hybridized carbons (Fsp3) is 0.700. The number of carbonyl (C=O) groups excluding carboxylic acids is 1. The Kier molecular flexibility index (Phi) is 4.70. The van der Waals surface area contributed by atoms with Crippen LogP contribution in [-0.2, 0) is 4.79 Å². The highest BCUT2D eigenvalue weighted by Crippen LogP contribution is 2.11. The molecule has 3 N–H and O–H groups in total. The predicted octanol–water partition coefficient (Wildman–Crippen LogP) is 1.05. The normalized spacial score (nSPS) is 11.3. The summed E-state index contributed by atoms with van der Waals surface area (Å²) >= 11 is 0. The van der Waals surface area contributed by atoms with Gasteiger partial charge in [0, 0.05) is 13.1 Å². The van der Waals surface area contributed by atoms with Crippen LogP contribution >= 0.6 is 0 Å². The Morgan fingerprint density at radius 2 is 2.08 bits per heavy atom. The number of nitrogens with one attached hydrogen (secondary N) is 1. The average molecular weight is 184 g/mol. The van der Waals surface area contributed by atoms with Gasteiger partial charge in [0.25, 0.3) is 0 Å². The third-order valence-corrected chi connectivity index (χ3v) is 2.11. The SMILES string of the molecule is C=C(CC)CNCC(C)(C)C(N)=O. The summed E-state index contributed by atoms with van der Waals surface area (Å²) in [7, 11) is 0. The molecule has 76 valence electrons. The summed E-state index contributed by atoms with van der Waals surface area (Å²) in [6, 6.07) is 0. The first kappa shape index (κ1) is 12.2. The highest BCUT2D eigenvalue weighted by Gasteiger charge is 2.23. The van der Waals surface area contributed by atoms with Crippen LogP contribution < -0.4 is 11.1 Å². The van der Waals surface area contributed by atoms with Crippen LogP contribution in [0, 0.1) is 5.41 Å². The van der Waals surface area contributed by atoms with Crippen molar-refractivity contribution >= 4 is 5.91 Å². The zero-order chi connectivity index (χ0) is 10.5. The Labute approximate surface area is 80.4 Å². The molecule has 0 unspecified atom stereocenters. The summed E-state index contributed by atoms with van der Waals surface area (Å²) in [5, 5.41) is 3.16. The van der Waals surface area contributed by atoms with Gasteiger partial charge in [0.15, 0.2) is 0 Å². The minimum atomic E-state index is -0.478. The molecule has 0 aromatic carbocycles. The molecule has 0 radical (unpaired) electrons. The molecule has 0 aromatic rings. The third-order valence-electron chi connectivity index (χ3n) is 2.11. The van der Waals surface area contributed by atoms with Crippen LogP contribution in [0.1, 0.15) is 27.2 Å². The van der Waals surface area contributed by atoms with E-state index in [1.54, 1.807) is 0 Å². The zero-order valence-electron chi connectivity index (χ0n) is 8.81. The van der Waals surface area contributed by atoms with Crippen molar-refractivity contribution in [1.29, 1.82) is 0 Å². The van der Waals surface area contributed by atoms with E-state index in [1.165, 1.54) is 0 Å². The Balaban J connectivity index is 3.76. The lowest BCUT2D eigenvalue weighted by Crippen LogP contribution is -2.40. The monoisotopic (exact) mass is 184 g/mol. The van der Waals surface area contributed by atoms with Crippen molar-refractivity contribution in [3.8, 4) is 0 Å². The van der Waals surface area contributed by atoms with E-state index in [0.717, 1.165) is 18.5 Å². The lowest BCUT2D eigenvalue weighted by atomic mass is 9.93. The van der Waals surface area contributed by atoms with Crippen molar-refractivity contribution in [3.63, 3.8) is 0 Å². The van der Waals surface area contributed by atoms with Gasteiger partial charge in [-0.15, -0.1) is 0 Å². The molecule has 0 aromatic heterocycles. The molecule has 0 atom stereocenters. The Hall–Kier alpha value is -0.830. The summed E-state index contributed by atoms with van der Waals surface area (Å²) in [5.41, 5.74) is 5.88. The molecule has 0 aliphatic heterocycles. The van der Waals surface area contributed by atoms with Gasteiger partial charge in [-0.2, -0.15) is 0 Å². The van der Waals surface area contributed by atoms with E-state index in [1.807, 2.05) is 13.8 Å². The molecule has 13 heavy (non-hydrogen) atoms. The third kappa shape index (κ3) is 4.68. The molecular formula is C10H20N2O. The number of hydrogen-bond donors (Lipinski definition) is 2. The molecule has 0 heterocycles. The van der Waals surface area contributed by atoms with Gasteiger partial charge >= 0.3 is 0 Å². The summed E-state index contributed by atoms with van der Waals surface area (Å²) in [6.07, 6.45) is 0.962. The minimum absolute atomic E-state index is 0.276. The van der Waals surface area contributed by atoms with E-state index in [4.69, 9.17) is 5.73 Å². The van der Waals surface area contributed by atoms with Crippen LogP contribution in [0.4, 0.5) is 0 Å². The Bertz CT molecular complexity index is 197. The maximum absolute atomic E-state index is 10.9. The van der Waals surface area contributed by atoms with Crippen LogP contribution in [0.2, 0.25) is 0 Å². The molecule has 0 saturated carbocycles. The van der Waals surface area contributed by atoms with Gasteiger partial charge in [0.05, 0.1) is 5.41 Å². The summed E-state index contributed by atoms with van der Waals surface area (Å²) in [5.74, 6) is -0.276. The quantitative estimate of drug-likeness (QED) is 0.606. The second-order valence-corrected chi connectivity index (χ2v) is 3.96. The molecule has 0 saturated heterocycles. The van der Waals surface area contributed by atoms with Crippen LogP contribution in [0.15, 0.2) is 12.2 Å². The van der Waals surface area contributed by atoms with E-state index in [2.05, 4.69) is 18.8 Å². The Morgan fingerprint density at radius 3 is 2.46 bits per heavy atom. The van der Waals surface area contributed by atoms with Gasteiger partial charge in [-0.05, 0) is 20.3 Å². The average Bonchev–Trinajstić information content (AvgIpc) is 2.03. The number of nitrogens with two attached hydrogens (primary N) is 1. The molecule has 0 fully saturated rings. The standard InChI is InChI=1S/C10H20N2O/c1-5-8(2)6-12-7-10(3,4)9(11)13/h12H,2,5-7H2,1,3-4H3,(H2,11,13). The van der Waals surface area contributed by atoms with Gasteiger partial charge < -0.3 is 11.1 Å². The number of hydrogen-bond acceptors (Lipinski definition) is 2. The van der Waals surface area contributed by atoms with Gasteiger partial charge in [0.1, 0.15) is 0 Å². The van der Waals surface area contributed by atoms with Crippen molar-refractivity contribution < 1.29 is 4.79 Å². The van der Waals surface area contributed by atoms with Gasteiger partial charge in [0.2, 0.25) is 5.91 Å². The molecule has 3 nitrogen and oxygen atoms in total. The molecule has 1 amide bonds. The first-order valence-corrected chi connectivity index (χ1v) is 4.57. The largest absolute Gasteiger partial charge is 0.369 e. The van der Waals surface area contributed by atoms with Crippen LogP contribution in [0.3, 0.4) is 0 Å². The number of carbonyl (C=O) groups is 1. The van der Waals surface area contributed by atoms with E-state index >= 15 is 0 Å². The minimum Gasteiger partial charge on any atom is -0.369 e. The highest BCUT2D eigenvalue weighted by atomic mass is 16.1. The van der Waals surface area contributed by atoms with E-state index in [-0.39, 0.29) is 5.91 Å². The highest BCUT2D eigenvalue weighted by molar-refractivity contribution is 5.80. The van der Waals surface area contributed by atoms with Crippen LogP contribution in [-0.4, -0.2) is 19.0 Å². The summed E-state index contributed by atoms with van der Waals surface area (Å²) in [4.78, 5) is 10.9.